The fourth-order valence-corrected chi connectivity index (χ4v) is 4.73. The van der Waals surface area contributed by atoms with Gasteiger partial charge in [-0.1, -0.05) is 42.5 Å². The van der Waals surface area contributed by atoms with E-state index in [1.807, 2.05) is 17.0 Å². The molecule has 1 fully saturated rings. The minimum atomic E-state index is 0.0454. The predicted octanol–water partition coefficient (Wildman–Crippen LogP) is 5.54. The number of aryl methyl sites for hydroxylation is 1. The molecule has 31 heavy (non-hydrogen) atoms. The summed E-state index contributed by atoms with van der Waals surface area (Å²) in [6.07, 6.45) is 1.95. The molecular weight excluding hydrogens is 402 g/mol. The van der Waals surface area contributed by atoms with Crippen molar-refractivity contribution in [2.24, 2.45) is 5.14 Å². The van der Waals surface area contributed by atoms with Gasteiger partial charge in [0.1, 0.15) is 0 Å². The third-order valence-electron chi connectivity index (χ3n) is 6.46. The zero-order valence-corrected chi connectivity index (χ0v) is 18.9. The summed E-state index contributed by atoms with van der Waals surface area (Å²) in [5.74, 6) is 0.529. The zero-order chi connectivity index (χ0) is 22.0. The van der Waals surface area contributed by atoms with E-state index in [1.54, 1.807) is 6.07 Å². The van der Waals surface area contributed by atoms with Crippen LogP contribution in [0.15, 0.2) is 65.6 Å². The van der Waals surface area contributed by atoms with Gasteiger partial charge in [-0.25, -0.2) is 0 Å². The normalized spacial score (nSPS) is 14.6. The molecule has 0 bridgehead atoms. The summed E-state index contributed by atoms with van der Waals surface area (Å²) in [7, 11) is 0. The molecule has 0 spiro atoms. The molecule has 4 N–H and O–H groups in total. The first kappa shape index (κ1) is 21.5. The number of piperidine rings is 1. The number of nitrogens with zero attached hydrogens (tertiary/aromatic N) is 1. The van der Waals surface area contributed by atoms with Gasteiger partial charge in [-0.05, 0) is 90.6 Å². The van der Waals surface area contributed by atoms with Crippen LogP contribution in [0.1, 0.15) is 45.8 Å². The number of rotatable bonds is 4. The van der Waals surface area contributed by atoms with Crippen LogP contribution in [0.4, 0.5) is 5.69 Å². The molecule has 0 radical (unpaired) electrons. The number of anilines is 1. The molecule has 1 amide bonds. The van der Waals surface area contributed by atoms with Gasteiger partial charge in [-0.2, -0.15) is 0 Å². The summed E-state index contributed by atoms with van der Waals surface area (Å²) in [4.78, 5) is 15.6. The Labute approximate surface area is 188 Å². The minimum absolute atomic E-state index is 0.0454. The standard InChI is InChI=1S/C26H29N3OS/c1-17-4-3-5-23(18(17)2)21-8-6-19(7-9-21)20-12-14-29(15-13-20)26(30)22-10-11-25(31-28)24(27)16-22/h3-11,16,20H,12-15,27-28H2,1-2H3. The topological polar surface area (TPSA) is 72.3 Å². The van der Waals surface area contributed by atoms with E-state index in [1.165, 1.54) is 27.8 Å². The Bertz CT molecular complexity index is 1090. The lowest BCUT2D eigenvalue weighted by Crippen LogP contribution is -2.37. The van der Waals surface area contributed by atoms with Crippen molar-refractivity contribution in [3.63, 3.8) is 0 Å². The molecule has 1 heterocycles. The number of amides is 1. The SMILES string of the molecule is Cc1cccc(-c2ccc(C3CCN(C(=O)c4ccc(SN)c(N)c4)CC3)cc2)c1C. The Morgan fingerprint density at radius 3 is 2.35 bits per heavy atom. The second-order valence-electron chi connectivity index (χ2n) is 8.31. The largest absolute Gasteiger partial charge is 0.398 e. The Balaban J connectivity index is 1.41. The first-order valence-corrected chi connectivity index (χ1v) is 11.6. The van der Waals surface area contributed by atoms with Crippen LogP contribution in [0.25, 0.3) is 11.1 Å². The summed E-state index contributed by atoms with van der Waals surface area (Å²) in [5, 5.41) is 5.59. The van der Waals surface area contributed by atoms with Crippen molar-refractivity contribution in [1.82, 2.24) is 4.90 Å². The highest BCUT2D eigenvalue weighted by molar-refractivity contribution is 7.97. The lowest BCUT2D eigenvalue weighted by Gasteiger charge is -2.32. The number of likely N-dealkylation sites (tertiary alicyclic amines) is 1. The lowest BCUT2D eigenvalue weighted by atomic mass is 9.87. The van der Waals surface area contributed by atoms with E-state index in [2.05, 4.69) is 56.3 Å². The van der Waals surface area contributed by atoms with E-state index >= 15 is 0 Å². The van der Waals surface area contributed by atoms with Crippen LogP contribution in [-0.2, 0) is 0 Å². The molecule has 0 aromatic heterocycles. The summed E-state index contributed by atoms with van der Waals surface area (Å²) in [6, 6.07) is 20.8. The van der Waals surface area contributed by atoms with Crippen LogP contribution in [-0.4, -0.2) is 23.9 Å². The fraction of sp³-hybridized carbons (Fsp3) is 0.269. The minimum Gasteiger partial charge on any atom is -0.398 e. The van der Waals surface area contributed by atoms with Gasteiger partial charge in [0.15, 0.2) is 0 Å². The Morgan fingerprint density at radius 1 is 1.00 bits per heavy atom. The van der Waals surface area contributed by atoms with E-state index in [-0.39, 0.29) is 5.91 Å². The van der Waals surface area contributed by atoms with Gasteiger partial charge >= 0.3 is 0 Å². The van der Waals surface area contributed by atoms with Crippen molar-refractivity contribution in [1.29, 1.82) is 0 Å². The van der Waals surface area contributed by atoms with Crippen LogP contribution in [0.2, 0.25) is 0 Å². The molecule has 1 aliphatic heterocycles. The smallest absolute Gasteiger partial charge is 0.253 e. The number of carbonyl (C=O) groups excluding carboxylic acids is 1. The van der Waals surface area contributed by atoms with Crippen molar-refractivity contribution < 1.29 is 4.79 Å². The van der Waals surface area contributed by atoms with Crippen LogP contribution >= 0.6 is 11.9 Å². The Kier molecular flexibility index (Phi) is 6.35. The van der Waals surface area contributed by atoms with Crippen molar-refractivity contribution >= 4 is 23.5 Å². The molecule has 5 heteroatoms. The highest BCUT2D eigenvalue weighted by Gasteiger charge is 2.25. The van der Waals surface area contributed by atoms with Gasteiger partial charge in [0, 0.05) is 29.2 Å². The number of nitrogen functional groups attached to an aromatic ring is 1. The molecule has 1 saturated heterocycles. The molecule has 4 nitrogen and oxygen atoms in total. The number of carbonyl (C=O) groups is 1. The molecule has 0 atom stereocenters. The summed E-state index contributed by atoms with van der Waals surface area (Å²) >= 11 is 1.10. The zero-order valence-electron chi connectivity index (χ0n) is 18.1. The maximum atomic E-state index is 12.9. The molecule has 0 aliphatic carbocycles. The molecule has 4 rings (SSSR count). The van der Waals surface area contributed by atoms with Crippen LogP contribution in [0, 0.1) is 13.8 Å². The van der Waals surface area contributed by atoms with Crippen LogP contribution < -0.4 is 10.9 Å². The summed E-state index contributed by atoms with van der Waals surface area (Å²) in [6.45, 7) is 5.86. The molecule has 160 valence electrons. The predicted molar refractivity (Wildman–Crippen MR) is 130 cm³/mol. The molecule has 3 aromatic carbocycles. The summed E-state index contributed by atoms with van der Waals surface area (Å²) < 4.78 is 0. The third-order valence-corrected chi connectivity index (χ3v) is 7.09. The van der Waals surface area contributed by atoms with Gasteiger partial charge < -0.3 is 10.6 Å². The second-order valence-corrected chi connectivity index (χ2v) is 8.98. The third kappa shape index (κ3) is 4.48. The number of nitrogens with two attached hydrogens (primary N) is 2. The fourth-order valence-electron chi connectivity index (χ4n) is 4.39. The first-order chi connectivity index (χ1) is 15.0. The average molecular weight is 432 g/mol. The van der Waals surface area contributed by atoms with Crippen molar-refractivity contribution in [2.45, 2.75) is 37.5 Å². The van der Waals surface area contributed by atoms with E-state index in [9.17, 15) is 4.79 Å². The first-order valence-electron chi connectivity index (χ1n) is 10.7. The number of benzene rings is 3. The van der Waals surface area contributed by atoms with Crippen molar-refractivity contribution in [3.8, 4) is 11.1 Å². The van der Waals surface area contributed by atoms with Crippen molar-refractivity contribution in [3.05, 3.63) is 82.9 Å². The summed E-state index contributed by atoms with van der Waals surface area (Å²) in [5.41, 5.74) is 13.7. The Morgan fingerprint density at radius 2 is 1.71 bits per heavy atom. The van der Waals surface area contributed by atoms with E-state index in [4.69, 9.17) is 10.9 Å². The Hall–Kier alpha value is -2.76. The van der Waals surface area contributed by atoms with Gasteiger partial charge in [0.2, 0.25) is 0 Å². The van der Waals surface area contributed by atoms with Crippen molar-refractivity contribution in [2.75, 3.05) is 18.8 Å². The van der Waals surface area contributed by atoms with Crippen LogP contribution in [0.5, 0.6) is 0 Å². The van der Waals surface area contributed by atoms with Gasteiger partial charge in [0.05, 0.1) is 0 Å². The van der Waals surface area contributed by atoms with E-state index < -0.39 is 0 Å². The van der Waals surface area contributed by atoms with Gasteiger partial charge in [-0.15, -0.1) is 0 Å². The quantitative estimate of drug-likeness (QED) is 0.420. The molecule has 3 aromatic rings. The number of hydrogen-bond donors (Lipinski definition) is 2. The maximum absolute atomic E-state index is 12.9. The molecule has 0 unspecified atom stereocenters. The highest BCUT2D eigenvalue weighted by Crippen LogP contribution is 2.32. The van der Waals surface area contributed by atoms with E-state index in [0.717, 1.165) is 42.8 Å². The molecule has 1 aliphatic rings. The number of hydrogen-bond acceptors (Lipinski definition) is 4. The molecule has 0 saturated carbocycles. The second kappa shape index (κ2) is 9.16. The van der Waals surface area contributed by atoms with Gasteiger partial charge in [0.25, 0.3) is 5.91 Å². The monoisotopic (exact) mass is 431 g/mol. The van der Waals surface area contributed by atoms with Crippen LogP contribution in [0.3, 0.4) is 0 Å². The maximum Gasteiger partial charge on any atom is 0.253 e. The highest BCUT2D eigenvalue weighted by atomic mass is 32.2. The molecular formula is C26H29N3OS. The lowest BCUT2D eigenvalue weighted by molar-refractivity contribution is 0.0713. The van der Waals surface area contributed by atoms with Gasteiger partial charge in [-0.3, -0.25) is 9.93 Å². The average Bonchev–Trinajstić information content (AvgIpc) is 2.80. The van der Waals surface area contributed by atoms with E-state index in [0.29, 0.717) is 17.2 Å².